The zero-order valence-corrected chi connectivity index (χ0v) is 10.9. The van der Waals surface area contributed by atoms with Crippen LogP contribution in [0.1, 0.15) is 19.8 Å². The number of hydrogen-bond donors (Lipinski definition) is 2. The van der Waals surface area contributed by atoms with Crippen LogP contribution in [0.15, 0.2) is 24.3 Å². The number of aliphatic hydroxyl groups excluding tert-OH is 1. The fourth-order valence-electron chi connectivity index (χ4n) is 2.29. The van der Waals surface area contributed by atoms with E-state index in [1.165, 1.54) is 5.69 Å². The highest BCUT2D eigenvalue weighted by Crippen LogP contribution is 2.26. The smallest absolute Gasteiger partial charge is 0.119 e. The molecule has 1 fully saturated rings. The molecule has 4 heteroatoms. The molecule has 1 aliphatic heterocycles. The largest absolute Gasteiger partial charge is 0.494 e. The van der Waals surface area contributed by atoms with Gasteiger partial charge < -0.3 is 20.5 Å². The number of nitrogens with zero attached hydrogens (tertiary/aromatic N) is 1. The predicted molar refractivity (Wildman–Crippen MR) is 73.1 cm³/mol. The molecule has 0 spiro atoms. The van der Waals surface area contributed by atoms with Crippen molar-refractivity contribution in [2.24, 2.45) is 5.73 Å². The lowest BCUT2D eigenvalue weighted by atomic mass is 9.89. The van der Waals surface area contributed by atoms with E-state index in [2.05, 4.69) is 17.0 Å². The van der Waals surface area contributed by atoms with Crippen LogP contribution in [0.3, 0.4) is 0 Å². The van der Waals surface area contributed by atoms with Gasteiger partial charge in [-0.25, -0.2) is 0 Å². The number of anilines is 1. The number of aliphatic hydroxyl groups is 1. The molecule has 1 heterocycles. The van der Waals surface area contributed by atoms with Crippen molar-refractivity contribution in [2.75, 3.05) is 31.2 Å². The normalized spacial score (nSPS) is 18.7. The Kier molecular flexibility index (Phi) is 4.09. The van der Waals surface area contributed by atoms with Gasteiger partial charge in [0, 0.05) is 24.3 Å². The van der Waals surface area contributed by atoms with Crippen molar-refractivity contribution < 1.29 is 9.84 Å². The van der Waals surface area contributed by atoms with Crippen LogP contribution in [0.4, 0.5) is 5.69 Å². The Morgan fingerprint density at radius 3 is 2.39 bits per heavy atom. The summed E-state index contributed by atoms with van der Waals surface area (Å²) < 4.78 is 5.43. The lowest BCUT2D eigenvalue weighted by Gasteiger charge is -2.39. The molecule has 18 heavy (non-hydrogen) atoms. The van der Waals surface area contributed by atoms with E-state index in [0.717, 1.165) is 31.7 Å². The standard InChI is InChI=1S/C14H22N2O2/c1-2-18-13-5-3-12(4-6-13)16-9-7-14(15,11-17)8-10-16/h3-6,17H,2,7-11,15H2,1H3. The second kappa shape index (κ2) is 5.59. The summed E-state index contributed by atoms with van der Waals surface area (Å²) in [7, 11) is 0. The fraction of sp³-hybridized carbons (Fsp3) is 0.571. The zero-order chi connectivity index (χ0) is 13.0. The van der Waals surface area contributed by atoms with Crippen LogP contribution in [-0.4, -0.2) is 36.9 Å². The molecule has 0 radical (unpaired) electrons. The Morgan fingerprint density at radius 2 is 1.89 bits per heavy atom. The molecule has 1 aliphatic rings. The van der Waals surface area contributed by atoms with Gasteiger partial charge in [-0.3, -0.25) is 0 Å². The van der Waals surface area contributed by atoms with Gasteiger partial charge in [-0.05, 0) is 44.0 Å². The summed E-state index contributed by atoms with van der Waals surface area (Å²) in [6.07, 6.45) is 1.66. The topological polar surface area (TPSA) is 58.7 Å². The Bertz CT molecular complexity index is 370. The van der Waals surface area contributed by atoms with E-state index in [0.29, 0.717) is 6.61 Å². The molecule has 4 nitrogen and oxygen atoms in total. The van der Waals surface area contributed by atoms with Crippen LogP contribution in [-0.2, 0) is 0 Å². The number of nitrogens with two attached hydrogens (primary N) is 1. The summed E-state index contributed by atoms with van der Waals surface area (Å²) in [5.74, 6) is 0.904. The first-order chi connectivity index (χ1) is 8.67. The Balaban J connectivity index is 1.97. The van der Waals surface area contributed by atoms with E-state index in [1.54, 1.807) is 0 Å². The van der Waals surface area contributed by atoms with E-state index < -0.39 is 0 Å². The van der Waals surface area contributed by atoms with Crippen LogP contribution in [0, 0.1) is 0 Å². The molecule has 2 rings (SSSR count). The molecule has 3 N–H and O–H groups in total. The SMILES string of the molecule is CCOc1ccc(N2CCC(N)(CO)CC2)cc1. The average molecular weight is 250 g/mol. The first-order valence-corrected chi connectivity index (χ1v) is 6.54. The van der Waals surface area contributed by atoms with Crippen LogP contribution < -0.4 is 15.4 Å². The summed E-state index contributed by atoms with van der Waals surface area (Å²) in [5, 5.41) is 9.24. The van der Waals surface area contributed by atoms with E-state index in [-0.39, 0.29) is 12.1 Å². The van der Waals surface area contributed by atoms with Crippen LogP contribution in [0.25, 0.3) is 0 Å². The minimum Gasteiger partial charge on any atom is -0.494 e. The van der Waals surface area contributed by atoms with Gasteiger partial charge in [0.2, 0.25) is 0 Å². The molecule has 0 amide bonds. The maximum absolute atomic E-state index is 9.24. The monoisotopic (exact) mass is 250 g/mol. The molecule has 0 aliphatic carbocycles. The van der Waals surface area contributed by atoms with Gasteiger partial charge in [0.25, 0.3) is 0 Å². The molecule has 100 valence electrons. The van der Waals surface area contributed by atoms with Crippen LogP contribution in [0.2, 0.25) is 0 Å². The zero-order valence-electron chi connectivity index (χ0n) is 10.9. The number of benzene rings is 1. The maximum Gasteiger partial charge on any atom is 0.119 e. The molecule has 1 aromatic rings. The molecule has 0 aromatic heterocycles. The average Bonchev–Trinajstić information content (AvgIpc) is 2.41. The van der Waals surface area contributed by atoms with Crippen molar-refractivity contribution in [3.05, 3.63) is 24.3 Å². The van der Waals surface area contributed by atoms with Gasteiger partial charge in [-0.2, -0.15) is 0 Å². The first kappa shape index (κ1) is 13.2. The van der Waals surface area contributed by atoms with Crippen molar-refractivity contribution in [3.63, 3.8) is 0 Å². The molecule has 0 bridgehead atoms. The highest BCUT2D eigenvalue weighted by molar-refractivity contribution is 5.49. The minimum atomic E-state index is -0.387. The number of piperidine rings is 1. The van der Waals surface area contributed by atoms with Gasteiger partial charge in [0.15, 0.2) is 0 Å². The van der Waals surface area contributed by atoms with E-state index in [9.17, 15) is 5.11 Å². The van der Waals surface area contributed by atoms with Gasteiger partial charge in [0.05, 0.1) is 13.2 Å². The quantitative estimate of drug-likeness (QED) is 0.847. The van der Waals surface area contributed by atoms with Gasteiger partial charge in [0.1, 0.15) is 5.75 Å². The third-order valence-corrected chi connectivity index (χ3v) is 3.59. The fourth-order valence-corrected chi connectivity index (χ4v) is 2.29. The molecule has 0 unspecified atom stereocenters. The number of rotatable bonds is 4. The van der Waals surface area contributed by atoms with Crippen molar-refractivity contribution in [1.82, 2.24) is 0 Å². The Labute approximate surface area is 108 Å². The lowest BCUT2D eigenvalue weighted by Crippen LogP contribution is -2.52. The highest BCUT2D eigenvalue weighted by Gasteiger charge is 2.29. The molecular formula is C14H22N2O2. The van der Waals surface area contributed by atoms with E-state index in [4.69, 9.17) is 10.5 Å². The molecule has 0 atom stereocenters. The third-order valence-electron chi connectivity index (χ3n) is 3.59. The third kappa shape index (κ3) is 2.94. The molecule has 1 saturated heterocycles. The van der Waals surface area contributed by atoms with Crippen LogP contribution in [0.5, 0.6) is 5.75 Å². The molecule has 0 saturated carbocycles. The van der Waals surface area contributed by atoms with Gasteiger partial charge in [-0.1, -0.05) is 0 Å². The minimum absolute atomic E-state index is 0.0735. The Hall–Kier alpha value is -1.26. The summed E-state index contributed by atoms with van der Waals surface area (Å²) in [6, 6.07) is 8.14. The van der Waals surface area contributed by atoms with Crippen molar-refractivity contribution in [2.45, 2.75) is 25.3 Å². The molecule has 1 aromatic carbocycles. The summed E-state index contributed by atoms with van der Waals surface area (Å²) >= 11 is 0. The lowest BCUT2D eigenvalue weighted by molar-refractivity contribution is 0.170. The van der Waals surface area contributed by atoms with E-state index in [1.807, 2.05) is 19.1 Å². The van der Waals surface area contributed by atoms with Gasteiger partial charge >= 0.3 is 0 Å². The predicted octanol–water partition coefficient (Wildman–Crippen LogP) is 1.38. The summed E-state index contributed by atoms with van der Waals surface area (Å²) in [5.41, 5.74) is 6.87. The highest BCUT2D eigenvalue weighted by atomic mass is 16.5. The van der Waals surface area contributed by atoms with Crippen molar-refractivity contribution in [3.8, 4) is 5.75 Å². The Morgan fingerprint density at radius 1 is 1.28 bits per heavy atom. The number of hydrogen-bond acceptors (Lipinski definition) is 4. The molecular weight excluding hydrogens is 228 g/mol. The summed E-state index contributed by atoms with van der Waals surface area (Å²) in [4.78, 5) is 2.30. The second-order valence-corrected chi connectivity index (χ2v) is 4.93. The van der Waals surface area contributed by atoms with Crippen molar-refractivity contribution >= 4 is 5.69 Å². The summed E-state index contributed by atoms with van der Waals surface area (Å²) in [6.45, 7) is 4.53. The van der Waals surface area contributed by atoms with Crippen LogP contribution >= 0.6 is 0 Å². The van der Waals surface area contributed by atoms with E-state index >= 15 is 0 Å². The first-order valence-electron chi connectivity index (χ1n) is 6.54. The number of ether oxygens (including phenoxy) is 1. The van der Waals surface area contributed by atoms with Crippen molar-refractivity contribution in [1.29, 1.82) is 0 Å². The maximum atomic E-state index is 9.24. The van der Waals surface area contributed by atoms with Gasteiger partial charge in [-0.15, -0.1) is 0 Å². The second-order valence-electron chi connectivity index (χ2n) is 4.93.